The molecule has 1 N–H and O–H groups in total. The van der Waals surface area contributed by atoms with Crippen molar-refractivity contribution in [3.63, 3.8) is 0 Å². The summed E-state index contributed by atoms with van der Waals surface area (Å²) in [6, 6.07) is 2.04. The van der Waals surface area contributed by atoms with Crippen LogP contribution in [0, 0.1) is 13.8 Å². The Hall–Kier alpha value is -1.78. The number of rotatable bonds is 4. The van der Waals surface area contributed by atoms with Crippen LogP contribution in [-0.2, 0) is 16.0 Å². The molecule has 0 spiro atoms. The minimum absolute atomic E-state index is 0.152. The quantitative estimate of drug-likeness (QED) is 0.917. The van der Waals surface area contributed by atoms with Crippen LogP contribution in [0.4, 0.5) is 0 Å². The van der Waals surface area contributed by atoms with Gasteiger partial charge in [-0.3, -0.25) is 9.59 Å². The van der Waals surface area contributed by atoms with Crippen LogP contribution in [0.15, 0.2) is 6.07 Å². The van der Waals surface area contributed by atoms with Crippen LogP contribution < -0.4 is 0 Å². The third kappa shape index (κ3) is 3.86. The highest BCUT2D eigenvalue weighted by molar-refractivity contribution is 5.80. The lowest BCUT2D eigenvalue weighted by atomic mass is 10.1. The molecule has 1 aliphatic rings. The van der Waals surface area contributed by atoms with Gasteiger partial charge in [-0.05, 0) is 31.9 Å². The molecule has 5 heteroatoms. The number of nitrogens with one attached hydrogen (secondary N) is 1. The molecule has 0 aromatic carbocycles. The standard InChI is InChI=1S/C16H25N3O2/c1-4-5-15(20)18-6-8-19(9-7-18)16(21)11-14-10-12(2)17-13(14)3/h10,17H,4-9,11H2,1-3H3. The number of nitrogens with zero attached hydrogens (tertiary/aromatic N) is 2. The summed E-state index contributed by atoms with van der Waals surface area (Å²) in [4.78, 5) is 31.1. The first-order valence-corrected chi connectivity index (χ1v) is 7.72. The smallest absolute Gasteiger partial charge is 0.227 e. The van der Waals surface area contributed by atoms with E-state index in [1.165, 1.54) is 0 Å². The second-order valence-electron chi connectivity index (χ2n) is 5.79. The van der Waals surface area contributed by atoms with Gasteiger partial charge in [0.1, 0.15) is 0 Å². The molecule has 1 aromatic rings. The molecule has 0 atom stereocenters. The van der Waals surface area contributed by atoms with Gasteiger partial charge in [0.2, 0.25) is 11.8 Å². The Morgan fingerprint density at radius 1 is 1.10 bits per heavy atom. The third-order valence-electron chi connectivity index (χ3n) is 4.05. The van der Waals surface area contributed by atoms with Crippen molar-refractivity contribution in [2.75, 3.05) is 26.2 Å². The number of aromatic nitrogens is 1. The van der Waals surface area contributed by atoms with Crippen molar-refractivity contribution in [3.8, 4) is 0 Å². The van der Waals surface area contributed by atoms with Crippen molar-refractivity contribution in [1.29, 1.82) is 0 Å². The summed E-state index contributed by atoms with van der Waals surface area (Å²) in [7, 11) is 0. The number of piperazine rings is 1. The Kier molecular flexibility index (Phi) is 5.04. The van der Waals surface area contributed by atoms with Gasteiger partial charge in [0, 0.05) is 44.0 Å². The highest BCUT2D eigenvalue weighted by atomic mass is 16.2. The highest BCUT2D eigenvalue weighted by Gasteiger charge is 2.24. The first kappa shape index (κ1) is 15.6. The Labute approximate surface area is 126 Å². The van der Waals surface area contributed by atoms with Crippen LogP contribution in [-0.4, -0.2) is 52.8 Å². The molecule has 0 radical (unpaired) electrons. The van der Waals surface area contributed by atoms with Crippen molar-refractivity contribution in [3.05, 3.63) is 23.0 Å². The fraction of sp³-hybridized carbons (Fsp3) is 0.625. The monoisotopic (exact) mass is 291 g/mol. The molecule has 0 unspecified atom stereocenters. The third-order valence-corrected chi connectivity index (χ3v) is 4.05. The molecule has 2 rings (SSSR count). The van der Waals surface area contributed by atoms with Gasteiger partial charge in [0.15, 0.2) is 0 Å². The van der Waals surface area contributed by atoms with E-state index in [0.29, 0.717) is 39.0 Å². The first-order chi connectivity index (χ1) is 10.0. The minimum Gasteiger partial charge on any atom is -0.362 e. The highest BCUT2D eigenvalue weighted by Crippen LogP contribution is 2.13. The normalized spacial score (nSPS) is 15.4. The van der Waals surface area contributed by atoms with E-state index in [1.807, 2.05) is 36.6 Å². The summed E-state index contributed by atoms with van der Waals surface area (Å²) in [6.07, 6.45) is 1.93. The number of hydrogen-bond donors (Lipinski definition) is 1. The van der Waals surface area contributed by atoms with E-state index >= 15 is 0 Å². The zero-order valence-corrected chi connectivity index (χ0v) is 13.2. The van der Waals surface area contributed by atoms with Crippen molar-refractivity contribution in [2.45, 2.75) is 40.0 Å². The minimum atomic E-state index is 0.152. The molecule has 1 fully saturated rings. The number of aromatic amines is 1. The average Bonchev–Trinajstić information content (AvgIpc) is 2.77. The van der Waals surface area contributed by atoms with Gasteiger partial charge >= 0.3 is 0 Å². The Bertz CT molecular complexity index is 514. The Morgan fingerprint density at radius 3 is 2.14 bits per heavy atom. The van der Waals surface area contributed by atoms with E-state index in [0.717, 1.165) is 23.4 Å². The summed E-state index contributed by atoms with van der Waals surface area (Å²) in [5.74, 6) is 0.362. The van der Waals surface area contributed by atoms with Gasteiger partial charge in [-0.25, -0.2) is 0 Å². The fourth-order valence-corrected chi connectivity index (χ4v) is 2.82. The van der Waals surface area contributed by atoms with Gasteiger partial charge in [0.05, 0.1) is 6.42 Å². The number of H-pyrrole nitrogens is 1. The number of amides is 2. The van der Waals surface area contributed by atoms with Gasteiger partial charge in [-0.2, -0.15) is 0 Å². The Balaban J connectivity index is 1.86. The SMILES string of the molecule is CCCC(=O)N1CCN(C(=O)Cc2cc(C)[nH]c2C)CC1. The van der Waals surface area contributed by atoms with E-state index < -0.39 is 0 Å². The van der Waals surface area contributed by atoms with E-state index in [9.17, 15) is 9.59 Å². The van der Waals surface area contributed by atoms with E-state index in [1.54, 1.807) is 0 Å². The number of aryl methyl sites for hydroxylation is 2. The lowest BCUT2D eigenvalue weighted by molar-refractivity contribution is -0.139. The van der Waals surface area contributed by atoms with Crippen LogP contribution in [0.1, 0.15) is 36.7 Å². The molecule has 21 heavy (non-hydrogen) atoms. The maximum Gasteiger partial charge on any atom is 0.227 e. The second kappa shape index (κ2) is 6.78. The largest absolute Gasteiger partial charge is 0.362 e. The van der Waals surface area contributed by atoms with Crippen LogP contribution in [0.3, 0.4) is 0 Å². The van der Waals surface area contributed by atoms with Gasteiger partial charge in [-0.15, -0.1) is 0 Å². The van der Waals surface area contributed by atoms with Gasteiger partial charge in [-0.1, -0.05) is 6.92 Å². The lowest BCUT2D eigenvalue weighted by Gasteiger charge is -2.35. The molecule has 5 nitrogen and oxygen atoms in total. The second-order valence-corrected chi connectivity index (χ2v) is 5.79. The summed E-state index contributed by atoms with van der Waals surface area (Å²) >= 11 is 0. The van der Waals surface area contributed by atoms with E-state index in [2.05, 4.69) is 4.98 Å². The lowest BCUT2D eigenvalue weighted by Crippen LogP contribution is -2.50. The predicted octanol–water partition coefficient (Wildman–Crippen LogP) is 1.64. The maximum atomic E-state index is 12.3. The first-order valence-electron chi connectivity index (χ1n) is 7.72. The molecule has 0 aliphatic carbocycles. The van der Waals surface area contributed by atoms with Crippen molar-refractivity contribution in [1.82, 2.24) is 14.8 Å². The molecular formula is C16H25N3O2. The van der Waals surface area contributed by atoms with Crippen LogP contribution in [0.25, 0.3) is 0 Å². The molecule has 0 bridgehead atoms. The molecule has 116 valence electrons. The molecular weight excluding hydrogens is 266 g/mol. The molecule has 2 heterocycles. The topological polar surface area (TPSA) is 56.4 Å². The maximum absolute atomic E-state index is 12.3. The molecule has 2 amide bonds. The van der Waals surface area contributed by atoms with E-state index in [-0.39, 0.29) is 11.8 Å². The van der Waals surface area contributed by atoms with Crippen LogP contribution >= 0.6 is 0 Å². The van der Waals surface area contributed by atoms with Crippen molar-refractivity contribution in [2.24, 2.45) is 0 Å². The van der Waals surface area contributed by atoms with E-state index in [4.69, 9.17) is 0 Å². The fourth-order valence-electron chi connectivity index (χ4n) is 2.82. The zero-order chi connectivity index (χ0) is 15.4. The Morgan fingerprint density at radius 2 is 1.67 bits per heavy atom. The molecule has 1 saturated heterocycles. The van der Waals surface area contributed by atoms with Crippen LogP contribution in [0.5, 0.6) is 0 Å². The summed E-state index contributed by atoms with van der Waals surface area (Å²) < 4.78 is 0. The molecule has 1 aliphatic heterocycles. The number of carbonyl (C=O) groups is 2. The van der Waals surface area contributed by atoms with Gasteiger partial charge < -0.3 is 14.8 Å². The summed E-state index contributed by atoms with van der Waals surface area (Å²) in [5.41, 5.74) is 3.23. The van der Waals surface area contributed by atoms with Crippen molar-refractivity contribution >= 4 is 11.8 Å². The van der Waals surface area contributed by atoms with Crippen molar-refractivity contribution < 1.29 is 9.59 Å². The predicted molar refractivity (Wildman–Crippen MR) is 82.0 cm³/mol. The summed E-state index contributed by atoms with van der Waals surface area (Å²) in [6.45, 7) is 8.63. The van der Waals surface area contributed by atoms with Crippen LogP contribution in [0.2, 0.25) is 0 Å². The molecule has 0 saturated carbocycles. The number of carbonyl (C=O) groups excluding carboxylic acids is 2. The summed E-state index contributed by atoms with van der Waals surface area (Å²) in [5, 5.41) is 0. The molecule has 1 aromatic heterocycles. The number of hydrogen-bond acceptors (Lipinski definition) is 2. The zero-order valence-electron chi connectivity index (χ0n) is 13.2. The van der Waals surface area contributed by atoms with Gasteiger partial charge in [0.25, 0.3) is 0 Å². The average molecular weight is 291 g/mol.